The molecule has 0 unspecified atom stereocenters. The van der Waals surface area contributed by atoms with E-state index in [1.807, 2.05) is 18.2 Å². The summed E-state index contributed by atoms with van der Waals surface area (Å²) in [7, 11) is 2.41. The number of amides is 3. The van der Waals surface area contributed by atoms with Crippen LogP contribution in [0.3, 0.4) is 0 Å². The number of rotatable bonds is 8. The van der Waals surface area contributed by atoms with Gasteiger partial charge in [0.15, 0.2) is 0 Å². The van der Waals surface area contributed by atoms with Crippen molar-refractivity contribution in [3.63, 3.8) is 0 Å². The summed E-state index contributed by atoms with van der Waals surface area (Å²) >= 11 is 0. The zero-order valence-electron chi connectivity index (χ0n) is 14.1. The molecule has 1 aromatic carbocycles. The van der Waals surface area contributed by atoms with Gasteiger partial charge >= 0.3 is 18.0 Å². The van der Waals surface area contributed by atoms with E-state index in [1.54, 1.807) is 12.1 Å². The fourth-order valence-corrected chi connectivity index (χ4v) is 3.87. The lowest BCUT2D eigenvalue weighted by Crippen LogP contribution is -2.33. The van der Waals surface area contributed by atoms with Gasteiger partial charge in [0, 0.05) is 17.2 Å². The molecule has 12 heteroatoms. The number of carbonyl (C=O) groups is 4. The molecule has 1 saturated heterocycles. The minimum atomic E-state index is -1.07. The van der Waals surface area contributed by atoms with Crippen LogP contribution < -0.4 is 21.7 Å². The van der Waals surface area contributed by atoms with Crippen molar-refractivity contribution in [2.24, 2.45) is 11.5 Å². The Balaban J connectivity index is 0.000000270. The van der Waals surface area contributed by atoms with Crippen LogP contribution in [0.25, 0.3) is 0 Å². The number of nitrogens with zero attached hydrogens (tertiary/aromatic N) is 1. The molecule has 27 heavy (non-hydrogen) atoms. The highest BCUT2D eigenvalue weighted by Gasteiger charge is 2.27. The number of urea groups is 1. The predicted octanol–water partition coefficient (Wildman–Crippen LogP) is -0.0656. The molecule has 0 saturated carbocycles. The van der Waals surface area contributed by atoms with Crippen molar-refractivity contribution >= 4 is 51.2 Å². The zero-order valence-corrected chi connectivity index (χ0v) is 15.7. The SMILES string of the molecule is N[C@@H](CSSC[C@H](N)C(=O)O)C(=O)O.O=C1CN(c2ccccc2)C(=O)N1. The van der Waals surface area contributed by atoms with Gasteiger partial charge in [0.2, 0.25) is 5.91 Å². The normalized spacial score (nSPS) is 15.4. The Morgan fingerprint density at radius 3 is 1.89 bits per heavy atom. The van der Waals surface area contributed by atoms with E-state index >= 15 is 0 Å². The molecule has 1 aliphatic heterocycles. The van der Waals surface area contributed by atoms with E-state index in [2.05, 4.69) is 5.32 Å². The molecule has 1 aliphatic rings. The van der Waals surface area contributed by atoms with Gasteiger partial charge in [-0.05, 0) is 12.1 Å². The molecule has 7 N–H and O–H groups in total. The Bertz CT molecular complexity index is 654. The highest BCUT2D eigenvalue weighted by Crippen LogP contribution is 2.22. The first kappa shape index (κ1) is 22.8. The number of hydrogen-bond acceptors (Lipinski definition) is 8. The highest BCUT2D eigenvalue weighted by molar-refractivity contribution is 8.76. The molecular formula is C15H20N4O6S2. The third-order valence-electron chi connectivity index (χ3n) is 3.07. The van der Waals surface area contributed by atoms with E-state index in [0.717, 1.165) is 5.69 Å². The lowest BCUT2D eigenvalue weighted by Gasteiger charge is -2.11. The summed E-state index contributed by atoms with van der Waals surface area (Å²) in [5, 5.41) is 19.0. The summed E-state index contributed by atoms with van der Waals surface area (Å²) in [5.41, 5.74) is 11.2. The molecule has 10 nitrogen and oxygen atoms in total. The Morgan fingerprint density at radius 2 is 1.52 bits per heavy atom. The molecule has 1 heterocycles. The van der Waals surface area contributed by atoms with E-state index in [9.17, 15) is 19.2 Å². The van der Waals surface area contributed by atoms with E-state index in [-0.39, 0.29) is 30.0 Å². The van der Waals surface area contributed by atoms with Crippen LogP contribution in [-0.4, -0.2) is 64.2 Å². The number of benzene rings is 1. The monoisotopic (exact) mass is 416 g/mol. The third kappa shape index (κ3) is 8.30. The fraction of sp³-hybridized carbons (Fsp3) is 0.333. The quantitative estimate of drug-likeness (QED) is 0.219. The van der Waals surface area contributed by atoms with Crippen LogP contribution in [0.2, 0.25) is 0 Å². The first-order chi connectivity index (χ1) is 12.7. The van der Waals surface area contributed by atoms with E-state index < -0.39 is 24.0 Å². The van der Waals surface area contributed by atoms with Gasteiger partial charge < -0.3 is 21.7 Å². The summed E-state index contributed by atoms with van der Waals surface area (Å²) in [4.78, 5) is 44.0. The predicted molar refractivity (Wildman–Crippen MR) is 103 cm³/mol. The second kappa shape index (κ2) is 11.4. The number of para-hydroxylation sites is 1. The van der Waals surface area contributed by atoms with Gasteiger partial charge in [-0.1, -0.05) is 39.8 Å². The first-order valence-electron chi connectivity index (χ1n) is 7.60. The Morgan fingerprint density at radius 1 is 1.04 bits per heavy atom. The lowest BCUT2D eigenvalue weighted by molar-refractivity contribution is -0.138. The average molecular weight is 416 g/mol. The van der Waals surface area contributed by atoms with Crippen molar-refractivity contribution in [2.75, 3.05) is 23.0 Å². The van der Waals surface area contributed by atoms with Gasteiger partial charge in [-0.25, -0.2) is 4.79 Å². The Hall–Kier alpha value is -2.28. The highest BCUT2D eigenvalue weighted by atomic mass is 33.1. The zero-order chi connectivity index (χ0) is 20.4. The summed E-state index contributed by atoms with van der Waals surface area (Å²) in [6.07, 6.45) is 0. The molecular weight excluding hydrogens is 396 g/mol. The van der Waals surface area contributed by atoms with Crippen LogP contribution in [0.15, 0.2) is 30.3 Å². The maximum atomic E-state index is 11.2. The van der Waals surface area contributed by atoms with Crippen molar-refractivity contribution in [3.8, 4) is 0 Å². The molecule has 1 aromatic rings. The number of carbonyl (C=O) groups excluding carboxylic acids is 2. The van der Waals surface area contributed by atoms with Crippen molar-refractivity contribution in [1.29, 1.82) is 0 Å². The fourth-order valence-electron chi connectivity index (χ4n) is 1.64. The number of imide groups is 1. The van der Waals surface area contributed by atoms with Gasteiger partial charge in [0.1, 0.15) is 18.6 Å². The molecule has 0 spiro atoms. The number of nitrogens with one attached hydrogen (secondary N) is 1. The van der Waals surface area contributed by atoms with E-state index in [4.69, 9.17) is 21.7 Å². The molecule has 0 radical (unpaired) electrons. The van der Waals surface area contributed by atoms with Crippen LogP contribution in [0.1, 0.15) is 0 Å². The summed E-state index contributed by atoms with van der Waals surface area (Å²) in [6, 6.07) is 6.89. The second-order valence-corrected chi connectivity index (χ2v) is 7.79. The van der Waals surface area contributed by atoms with Crippen molar-refractivity contribution in [2.45, 2.75) is 12.1 Å². The molecule has 0 bridgehead atoms. The Kier molecular flexibility index (Phi) is 9.64. The number of anilines is 1. The minimum absolute atomic E-state index is 0.114. The Labute approximate surface area is 163 Å². The van der Waals surface area contributed by atoms with Crippen LogP contribution in [0.5, 0.6) is 0 Å². The third-order valence-corrected chi connectivity index (χ3v) is 5.55. The largest absolute Gasteiger partial charge is 0.480 e. The van der Waals surface area contributed by atoms with Crippen LogP contribution in [-0.2, 0) is 14.4 Å². The van der Waals surface area contributed by atoms with Crippen LogP contribution >= 0.6 is 21.6 Å². The number of carboxylic acids is 2. The van der Waals surface area contributed by atoms with Crippen molar-refractivity contribution in [3.05, 3.63) is 30.3 Å². The van der Waals surface area contributed by atoms with Crippen LogP contribution in [0, 0.1) is 0 Å². The van der Waals surface area contributed by atoms with E-state index in [1.165, 1.54) is 26.5 Å². The molecule has 0 aliphatic carbocycles. The molecule has 2 rings (SSSR count). The van der Waals surface area contributed by atoms with Gasteiger partial charge in [-0.15, -0.1) is 0 Å². The number of nitrogens with two attached hydrogens (primary N) is 2. The molecule has 0 aromatic heterocycles. The lowest BCUT2D eigenvalue weighted by atomic mass is 10.3. The smallest absolute Gasteiger partial charge is 0.329 e. The van der Waals surface area contributed by atoms with E-state index in [0.29, 0.717) is 0 Å². The minimum Gasteiger partial charge on any atom is -0.480 e. The summed E-state index contributed by atoms with van der Waals surface area (Å²) in [6.45, 7) is 0.114. The maximum Gasteiger partial charge on any atom is 0.329 e. The van der Waals surface area contributed by atoms with Crippen molar-refractivity contribution < 1.29 is 29.4 Å². The second-order valence-electron chi connectivity index (χ2n) is 5.23. The number of hydrogen-bond donors (Lipinski definition) is 5. The number of carboxylic acid groups (broad SMARTS) is 2. The number of aliphatic carboxylic acids is 2. The topological polar surface area (TPSA) is 176 Å². The standard InChI is InChI=1S/C9H8N2O2.C6H12N2O4S2/c12-8-6-11(9(13)10-8)7-4-2-1-3-5-7;7-3(5(9)10)1-13-14-2-4(8)6(11)12/h1-5H,6H2,(H,10,12,13);3-4H,1-2,7-8H2,(H,9,10)(H,11,12)/t;3-,4-/m.0/s1. The summed E-state index contributed by atoms with van der Waals surface area (Å²) < 4.78 is 0. The van der Waals surface area contributed by atoms with Gasteiger partial charge in [0.25, 0.3) is 0 Å². The van der Waals surface area contributed by atoms with Crippen molar-refractivity contribution in [1.82, 2.24) is 5.32 Å². The molecule has 148 valence electrons. The molecule has 3 amide bonds. The average Bonchev–Trinajstić information content (AvgIpc) is 2.97. The van der Waals surface area contributed by atoms with Crippen LogP contribution in [0.4, 0.5) is 10.5 Å². The van der Waals surface area contributed by atoms with Gasteiger partial charge in [0.05, 0.1) is 0 Å². The summed E-state index contributed by atoms with van der Waals surface area (Å²) in [5.74, 6) is -1.94. The molecule has 1 fully saturated rings. The van der Waals surface area contributed by atoms with Gasteiger partial charge in [-0.3, -0.25) is 24.6 Å². The maximum absolute atomic E-state index is 11.2. The molecule has 2 atom stereocenters. The van der Waals surface area contributed by atoms with Gasteiger partial charge in [-0.2, -0.15) is 0 Å². The first-order valence-corrected chi connectivity index (χ1v) is 10.1.